The molecule has 20 heavy (non-hydrogen) atoms. The predicted octanol–water partition coefficient (Wildman–Crippen LogP) is 3.06. The normalized spacial score (nSPS) is 18.4. The van der Waals surface area contributed by atoms with Gasteiger partial charge in [0.25, 0.3) is 0 Å². The van der Waals surface area contributed by atoms with Crippen LogP contribution in [0.4, 0.5) is 10.5 Å². The van der Waals surface area contributed by atoms with Gasteiger partial charge < -0.3 is 15.7 Å². The first-order chi connectivity index (χ1) is 9.56. The lowest BCUT2D eigenvalue weighted by Gasteiger charge is -2.22. The molecule has 1 fully saturated rings. The van der Waals surface area contributed by atoms with Gasteiger partial charge in [0.2, 0.25) is 0 Å². The van der Waals surface area contributed by atoms with E-state index in [1.54, 1.807) is 0 Å². The molecule has 1 aromatic carbocycles. The van der Waals surface area contributed by atoms with E-state index in [4.69, 9.17) is 16.7 Å². The van der Waals surface area contributed by atoms with Crippen LogP contribution in [0.5, 0.6) is 0 Å². The standard InChI is InChI=1S/C13H15ClN2O3S/c14-11-6-8(3-4-10(11)12(17)18)15-13(19)16-9-2-1-5-20-7-9/h3-4,6,9H,1-2,5,7H2,(H,17,18)(H2,15,16,19). The number of carbonyl (C=O) groups is 2. The molecule has 0 spiro atoms. The van der Waals surface area contributed by atoms with Crippen LogP contribution in [0.1, 0.15) is 23.2 Å². The number of rotatable bonds is 3. The van der Waals surface area contributed by atoms with Gasteiger partial charge in [-0.25, -0.2) is 9.59 Å². The number of amides is 2. The minimum absolute atomic E-state index is 0.0151. The molecule has 108 valence electrons. The molecule has 1 aromatic rings. The number of anilines is 1. The Balaban J connectivity index is 1.93. The maximum absolute atomic E-state index is 11.8. The second kappa shape index (κ2) is 6.85. The fraction of sp³-hybridized carbons (Fsp3) is 0.385. The van der Waals surface area contributed by atoms with Gasteiger partial charge in [-0.1, -0.05) is 11.6 Å². The van der Waals surface area contributed by atoms with Gasteiger partial charge in [0.15, 0.2) is 0 Å². The Labute approximate surface area is 126 Å². The van der Waals surface area contributed by atoms with Crippen LogP contribution < -0.4 is 10.6 Å². The molecule has 3 N–H and O–H groups in total. The smallest absolute Gasteiger partial charge is 0.337 e. The lowest BCUT2D eigenvalue weighted by atomic mass is 10.2. The van der Waals surface area contributed by atoms with Gasteiger partial charge in [-0.05, 0) is 36.8 Å². The van der Waals surface area contributed by atoms with Crippen molar-refractivity contribution in [1.29, 1.82) is 0 Å². The zero-order valence-electron chi connectivity index (χ0n) is 10.7. The van der Waals surface area contributed by atoms with Crippen LogP contribution in [-0.2, 0) is 0 Å². The Morgan fingerprint density at radius 3 is 2.80 bits per heavy atom. The first kappa shape index (κ1) is 15.0. The van der Waals surface area contributed by atoms with E-state index in [-0.39, 0.29) is 22.7 Å². The Morgan fingerprint density at radius 2 is 2.20 bits per heavy atom. The summed E-state index contributed by atoms with van der Waals surface area (Å²) in [5, 5.41) is 14.5. The average Bonchev–Trinajstić information content (AvgIpc) is 2.39. The molecule has 1 saturated heterocycles. The summed E-state index contributed by atoms with van der Waals surface area (Å²) in [4.78, 5) is 22.7. The van der Waals surface area contributed by atoms with Gasteiger partial charge in [0.1, 0.15) is 0 Å². The second-order valence-electron chi connectivity index (χ2n) is 4.51. The van der Waals surface area contributed by atoms with Gasteiger partial charge in [0.05, 0.1) is 10.6 Å². The molecule has 1 aliphatic heterocycles. The summed E-state index contributed by atoms with van der Waals surface area (Å²) in [6.45, 7) is 0. The number of halogens is 1. The molecule has 0 aliphatic carbocycles. The predicted molar refractivity (Wildman–Crippen MR) is 80.9 cm³/mol. The quantitative estimate of drug-likeness (QED) is 0.801. The van der Waals surface area contributed by atoms with E-state index in [2.05, 4.69) is 10.6 Å². The summed E-state index contributed by atoms with van der Waals surface area (Å²) in [6, 6.07) is 4.21. The molecule has 1 heterocycles. The van der Waals surface area contributed by atoms with Crippen LogP contribution in [0.15, 0.2) is 18.2 Å². The van der Waals surface area contributed by atoms with Crippen LogP contribution in [0.25, 0.3) is 0 Å². The number of benzene rings is 1. The third-order valence-corrected chi connectivity index (χ3v) is 4.48. The van der Waals surface area contributed by atoms with Crippen molar-refractivity contribution in [3.63, 3.8) is 0 Å². The topological polar surface area (TPSA) is 78.4 Å². The van der Waals surface area contributed by atoms with Crippen molar-refractivity contribution in [2.75, 3.05) is 16.8 Å². The minimum atomic E-state index is -1.09. The summed E-state index contributed by atoms with van der Waals surface area (Å²) in [6.07, 6.45) is 2.09. The first-order valence-electron chi connectivity index (χ1n) is 6.24. The molecular weight excluding hydrogens is 300 g/mol. The second-order valence-corrected chi connectivity index (χ2v) is 6.07. The Kier molecular flexibility index (Phi) is 5.14. The minimum Gasteiger partial charge on any atom is -0.478 e. The van der Waals surface area contributed by atoms with Gasteiger partial charge in [0, 0.05) is 17.5 Å². The van der Waals surface area contributed by atoms with Crippen molar-refractivity contribution < 1.29 is 14.7 Å². The van der Waals surface area contributed by atoms with E-state index >= 15 is 0 Å². The Bertz CT molecular complexity index is 518. The number of urea groups is 1. The number of carboxylic acid groups (broad SMARTS) is 1. The molecule has 0 saturated carbocycles. The highest BCUT2D eigenvalue weighted by molar-refractivity contribution is 7.99. The van der Waals surface area contributed by atoms with E-state index in [9.17, 15) is 9.59 Å². The van der Waals surface area contributed by atoms with Crippen molar-refractivity contribution in [1.82, 2.24) is 5.32 Å². The monoisotopic (exact) mass is 314 g/mol. The van der Waals surface area contributed by atoms with Gasteiger partial charge >= 0.3 is 12.0 Å². The van der Waals surface area contributed by atoms with Crippen molar-refractivity contribution in [3.05, 3.63) is 28.8 Å². The third-order valence-electron chi connectivity index (χ3n) is 2.95. The van der Waals surface area contributed by atoms with Crippen molar-refractivity contribution in [2.24, 2.45) is 0 Å². The summed E-state index contributed by atoms with van der Waals surface area (Å²) < 4.78 is 0. The van der Waals surface area contributed by atoms with Crippen molar-refractivity contribution >= 4 is 41.1 Å². The molecule has 1 aliphatic rings. The third kappa shape index (κ3) is 4.05. The SMILES string of the molecule is O=C(Nc1ccc(C(=O)O)c(Cl)c1)NC1CCCSC1. The van der Waals surface area contributed by atoms with Crippen LogP contribution in [-0.4, -0.2) is 34.7 Å². The highest BCUT2D eigenvalue weighted by Crippen LogP contribution is 2.21. The summed E-state index contributed by atoms with van der Waals surface area (Å²) >= 11 is 7.67. The molecule has 2 rings (SSSR count). The number of carboxylic acids is 1. The largest absolute Gasteiger partial charge is 0.478 e. The number of aromatic carboxylic acids is 1. The van der Waals surface area contributed by atoms with E-state index < -0.39 is 5.97 Å². The van der Waals surface area contributed by atoms with E-state index in [0.717, 1.165) is 24.3 Å². The average molecular weight is 315 g/mol. The maximum atomic E-state index is 11.8. The molecule has 0 bridgehead atoms. The van der Waals surface area contributed by atoms with Crippen molar-refractivity contribution in [2.45, 2.75) is 18.9 Å². The van der Waals surface area contributed by atoms with Crippen LogP contribution in [0, 0.1) is 0 Å². The highest BCUT2D eigenvalue weighted by Gasteiger charge is 2.16. The number of nitrogens with one attached hydrogen (secondary N) is 2. The van der Waals surface area contributed by atoms with E-state index in [1.807, 2.05) is 11.8 Å². The number of hydrogen-bond donors (Lipinski definition) is 3. The number of hydrogen-bond acceptors (Lipinski definition) is 3. The fourth-order valence-electron chi connectivity index (χ4n) is 1.97. The lowest BCUT2D eigenvalue weighted by Crippen LogP contribution is -2.40. The number of thioether (sulfide) groups is 1. The van der Waals surface area contributed by atoms with Crippen LogP contribution in [0.3, 0.4) is 0 Å². The molecule has 5 nitrogen and oxygen atoms in total. The molecule has 1 unspecified atom stereocenters. The summed E-state index contributed by atoms with van der Waals surface area (Å²) in [5.74, 6) is 0.975. The molecule has 0 aromatic heterocycles. The Morgan fingerprint density at radius 1 is 1.40 bits per heavy atom. The summed E-state index contributed by atoms with van der Waals surface area (Å²) in [7, 11) is 0. The van der Waals surface area contributed by atoms with Gasteiger partial charge in [-0.2, -0.15) is 11.8 Å². The van der Waals surface area contributed by atoms with E-state index in [1.165, 1.54) is 18.2 Å². The maximum Gasteiger partial charge on any atom is 0.337 e. The molecular formula is C13H15ClN2O3S. The van der Waals surface area contributed by atoms with Gasteiger partial charge in [-0.3, -0.25) is 0 Å². The fourth-order valence-corrected chi connectivity index (χ4v) is 3.31. The zero-order valence-corrected chi connectivity index (χ0v) is 12.3. The molecule has 2 amide bonds. The van der Waals surface area contributed by atoms with Crippen LogP contribution >= 0.6 is 23.4 Å². The molecule has 0 radical (unpaired) electrons. The molecule has 1 atom stereocenters. The molecule has 7 heteroatoms. The first-order valence-corrected chi connectivity index (χ1v) is 7.77. The Hall–Kier alpha value is -1.40. The highest BCUT2D eigenvalue weighted by atomic mass is 35.5. The zero-order chi connectivity index (χ0) is 14.5. The lowest BCUT2D eigenvalue weighted by molar-refractivity contribution is 0.0697. The van der Waals surface area contributed by atoms with Crippen LogP contribution in [0.2, 0.25) is 5.02 Å². The van der Waals surface area contributed by atoms with Gasteiger partial charge in [-0.15, -0.1) is 0 Å². The summed E-state index contributed by atoms with van der Waals surface area (Å²) in [5.41, 5.74) is 0.488. The van der Waals surface area contributed by atoms with Crippen molar-refractivity contribution in [3.8, 4) is 0 Å². The van der Waals surface area contributed by atoms with E-state index in [0.29, 0.717) is 5.69 Å². The number of carbonyl (C=O) groups excluding carboxylic acids is 1.